The maximum atomic E-state index is 11.0. The molecule has 0 heterocycles. The summed E-state index contributed by atoms with van der Waals surface area (Å²) in [5.41, 5.74) is 1.25. The molecule has 0 atom stereocenters. The predicted octanol–water partition coefficient (Wildman–Crippen LogP) is 5.95. The SMILES string of the molecule is O=C(O)CCC12CCC(OCc3ccccc3Oc3ccccc3)(CC1)CC2. The molecule has 0 saturated heterocycles. The van der Waals surface area contributed by atoms with Gasteiger partial charge in [0.15, 0.2) is 0 Å². The summed E-state index contributed by atoms with van der Waals surface area (Å²) in [4.78, 5) is 11.0. The van der Waals surface area contributed by atoms with Gasteiger partial charge in [0.25, 0.3) is 0 Å². The molecular weight excluding hydrogens is 352 g/mol. The number of hydrogen-bond donors (Lipinski definition) is 1. The van der Waals surface area contributed by atoms with Gasteiger partial charge in [0.05, 0.1) is 12.2 Å². The second kappa shape index (κ2) is 7.96. The Kier molecular flexibility index (Phi) is 5.40. The number of carboxylic acids is 1. The van der Waals surface area contributed by atoms with Crippen molar-refractivity contribution in [2.75, 3.05) is 0 Å². The minimum atomic E-state index is -0.678. The van der Waals surface area contributed by atoms with Crippen LogP contribution in [0.4, 0.5) is 0 Å². The molecule has 148 valence electrons. The number of fused-ring (bicyclic) bond motifs is 3. The molecule has 2 bridgehead atoms. The molecule has 0 aliphatic heterocycles. The molecule has 5 rings (SSSR count). The molecule has 0 radical (unpaired) electrons. The molecule has 28 heavy (non-hydrogen) atoms. The maximum Gasteiger partial charge on any atom is 0.303 e. The Labute approximate surface area is 166 Å². The van der Waals surface area contributed by atoms with Crippen LogP contribution in [0.15, 0.2) is 54.6 Å². The van der Waals surface area contributed by atoms with Gasteiger partial charge in [-0.15, -0.1) is 0 Å². The van der Waals surface area contributed by atoms with Gasteiger partial charge in [0, 0.05) is 12.0 Å². The molecule has 4 heteroatoms. The summed E-state index contributed by atoms with van der Waals surface area (Å²) < 4.78 is 12.6. The number of carbonyl (C=O) groups is 1. The quantitative estimate of drug-likeness (QED) is 0.614. The Morgan fingerprint density at radius 3 is 2.21 bits per heavy atom. The molecule has 3 aliphatic carbocycles. The molecule has 4 nitrogen and oxygen atoms in total. The topological polar surface area (TPSA) is 55.8 Å². The zero-order chi connectivity index (χ0) is 19.5. The highest BCUT2D eigenvalue weighted by molar-refractivity contribution is 5.66. The van der Waals surface area contributed by atoms with Crippen molar-refractivity contribution in [2.24, 2.45) is 5.41 Å². The highest BCUT2D eigenvalue weighted by Gasteiger charge is 2.49. The van der Waals surface area contributed by atoms with E-state index >= 15 is 0 Å². The first kappa shape index (κ1) is 19.0. The normalized spacial score (nSPS) is 26.1. The first-order valence-corrected chi connectivity index (χ1v) is 10.2. The average molecular weight is 380 g/mol. The van der Waals surface area contributed by atoms with E-state index in [9.17, 15) is 4.79 Å². The Morgan fingerprint density at radius 1 is 0.893 bits per heavy atom. The lowest BCUT2D eigenvalue weighted by Gasteiger charge is -2.53. The smallest absolute Gasteiger partial charge is 0.303 e. The van der Waals surface area contributed by atoms with Crippen LogP contribution in [0.2, 0.25) is 0 Å². The zero-order valence-electron chi connectivity index (χ0n) is 16.2. The molecular formula is C24H28O4. The van der Waals surface area contributed by atoms with Gasteiger partial charge in [0.2, 0.25) is 0 Å². The Balaban J connectivity index is 1.38. The van der Waals surface area contributed by atoms with Crippen LogP contribution >= 0.6 is 0 Å². The van der Waals surface area contributed by atoms with Crippen LogP contribution in [0.3, 0.4) is 0 Å². The fourth-order valence-electron chi connectivity index (χ4n) is 4.76. The molecule has 2 aromatic carbocycles. The van der Waals surface area contributed by atoms with E-state index in [1.54, 1.807) is 0 Å². The third-order valence-electron chi connectivity index (χ3n) is 6.68. The maximum absolute atomic E-state index is 11.0. The van der Waals surface area contributed by atoms with E-state index in [1.165, 1.54) is 0 Å². The van der Waals surface area contributed by atoms with E-state index in [4.69, 9.17) is 14.6 Å². The summed E-state index contributed by atoms with van der Waals surface area (Å²) in [6.07, 6.45) is 7.47. The van der Waals surface area contributed by atoms with Gasteiger partial charge >= 0.3 is 5.97 Å². The molecule has 0 spiro atoms. The standard InChI is InChI=1S/C24H28O4/c25-22(26)10-11-23-12-15-24(16-13-23,17-14-23)27-18-19-6-4-5-9-21(19)28-20-7-2-1-3-8-20/h1-9H,10-18H2,(H,25,26). The summed E-state index contributed by atoms with van der Waals surface area (Å²) in [6.45, 7) is 0.547. The number of ether oxygens (including phenoxy) is 2. The Hall–Kier alpha value is -2.33. The Morgan fingerprint density at radius 2 is 1.54 bits per heavy atom. The molecule has 0 unspecified atom stereocenters. The minimum Gasteiger partial charge on any atom is -0.481 e. The first-order chi connectivity index (χ1) is 13.6. The molecule has 3 fully saturated rings. The van der Waals surface area contributed by atoms with Crippen LogP contribution in [0, 0.1) is 5.41 Å². The van der Waals surface area contributed by atoms with Crippen molar-refractivity contribution < 1.29 is 19.4 Å². The number of hydrogen-bond acceptors (Lipinski definition) is 3. The third kappa shape index (κ3) is 4.22. The van der Waals surface area contributed by atoms with Crippen molar-refractivity contribution in [1.29, 1.82) is 0 Å². The molecule has 0 amide bonds. The highest BCUT2D eigenvalue weighted by Crippen LogP contribution is 2.56. The number of para-hydroxylation sites is 2. The minimum absolute atomic E-state index is 0.0508. The number of rotatable bonds is 8. The van der Waals surface area contributed by atoms with Gasteiger partial charge in [-0.2, -0.15) is 0 Å². The van der Waals surface area contributed by atoms with Gasteiger partial charge in [-0.3, -0.25) is 4.79 Å². The summed E-state index contributed by atoms with van der Waals surface area (Å²) in [5, 5.41) is 9.02. The van der Waals surface area contributed by atoms with E-state index in [2.05, 4.69) is 6.07 Å². The van der Waals surface area contributed by atoms with E-state index in [1.807, 2.05) is 48.5 Å². The lowest BCUT2D eigenvalue weighted by Crippen LogP contribution is -2.47. The van der Waals surface area contributed by atoms with Crippen LogP contribution < -0.4 is 4.74 Å². The number of carboxylic acid groups (broad SMARTS) is 1. The van der Waals surface area contributed by atoms with Gasteiger partial charge in [-0.1, -0.05) is 36.4 Å². The van der Waals surface area contributed by atoms with Crippen molar-refractivity contribution in [3.05, 3.63) is 60.2 Å². The van der Waals surface area contributed by atoms with Gasteiger partial charge in [-0.05, 0) is 68.6 Å². The van der Waals surface area contributed by atoms with Gasteiger partial charge in [0.1, 0.15) is 11.5 Å². The molecule has 3 saturated carbocycles. The molecule has 0 aromatic heterocycles. The van der Waals surface area contributed by atoms with E-state index < -0.39 is 5.97 Å². The van der Waals surface area contributed by atoms with Crippen LogP contribution in [0.25, 0.3) is 0 Å². The van der Waals surface area contributed by atoms with Crippen LogP contribution in [0.5, 0.6) is 11.5 Å². The first-order valence-electron chi connectivity index (χ1n) is 10.2. The van der Waals surface area contributed by atoms with Gasteiger partial charge < -0.3 is 14.6 Å². The second-order valence-corrected chi connectivity index (χ2v) is 8.39. The molecule has 1 N–H and O–H groups in total. The van der Waals surface area contributed by atoms with Crippen molar-refractivity contribution in [3.8, 4) is 11.5 Å². The summed E-state index contributed by atoms with van der Waals surface area (Å²) in [5.74, 6) is 0.988. The monoisotopic (exact) mass is 380 g/mol. The number of benzene rings is 2. The van der Waals surface area contributed by atoms with Crippen LogP contribution in [-0.2, 0) is 16.1 Å². The summed E-state index contributed by atoms with van der Waals surface area (Å²) in [6, 6.07) is 17.9. The fraction of sp³-hybridized carbons (Fsp3) is 0.458. The van der Waals surface area contributed by atoms with Crippen molar-refractivity contribution in [1.82, 2.24) is 0 Å². The Bertz CT molecular complexity index is 790. The third-order valence-corrected chi connectivity index (χ3v) is 6.68. The van der Waals surface area contributed by atoms with E-state index in [0.717, 1.165) is 62.0 Å². The lowest BCUT2D eigenvalue weighted by atomic mass is 9.57. The largest absolute Gasteiger partial charge is 0.481 e. The fourth-order valence-corrected chi connectivity index (χ4v) is 4.76. The number of aliphatic carboxylic acids is 1. The zero-order valence-corrected chi connectivity index (χ0v) is 16.2. The lowest BCUT2D eigenvalue weighted by molar-refractivity contribution is -0.150. The van der Waals surface area contributed by atoms with Crippen molar-refractivity contribution >= 4 is 5.97 Å². The van der Waals surface area contributed by atoms with Crippen molar-refractivity contribution in [3.63, 3.8) is 0 Å². The van der Waals surface area contributed by atoms with E-state index in [0.29, 0.717) is 6.61 Å². The highest BCUT2D eigenvalue weighted by atomic mass is 16.5. The average Bonchev–Trinajstić information content (AvgIpc) is 2.74. The molecule has 2 aromatic rings. The van der Waals surface area contributed by atoms with Crippen LogP contribution in [0.1, 0.15) is 56.9 Å². The van der Waals surface area contributed by atoms with Gasteiger partial charge in [-0.25, -0.2) is 0 Å². The van der Waals surface area contributed by atoms with Crippen molar-refractivity contribution in [2.45, 2.75) is 63.6 Å². The predicted molar refractivity (Wildman–Crippen MR) is 107 cm³/mol. The van der Waals surface area contributed by atoms with E-state index in [-0.39, 0.29) is 17.4 Å². The molecule has 3 aliphatic rings. The second-order valence-electron chi connectivity index (χ2n) is 8.39. The summed E-state index contributed by atoms with van der Waals surface area (Å²) >= 11 is 0. The summed E-state index contributed by atoms with van der Waals surface area (Å²) in [7, 11) is 0. The van der Waals surface area contributed by atoms with Crippen LogP contribution in [-0.4, -0.2) is 16.7 Å².